The Morgan fingerprint density at radius 3 is 2.80 bits per heavy atom. The van der Waals surface area contributed by atoms with Crippen molar-refractivity contribution in [3.63, 3.8) is 0 Å². The standard InChI is InChI=1S/C12H13NOS/c1-3-9(8(2)14)12-13-10-6-4-5-7-11(10)15-12/h3-8,14H,1-2H3. The number of nitrogens with zero attached hydrogens (tertiary/aromatic N) is 1. The molecule has 15 heavy (non-hydrogen) atoms. The third kappa shape index (κ3) is 1.94. The Morgan fingerprint density at radius 2 is 2.20 bits per heavy atom. The molecule has 1 unspecified atom stereocenters. The fraction of sp³-hybridized carbons (Fsp3) is 0.250. The van der Waals surface area contributed by atoms with E-state index < -0.39 is 6.10 Å². The molecule has 2 aromatic rings. The molecule has 0 saturated carbocycles. The van der Waals surface area contributed by atoms with Gasteiger partial charge in [-0.25, -0.2) is 4.98 Å². The van der Waals surface area contributed by atoms with E-state index in [0.717, 1.165) is 20.8 Å². The molecule has 1 aromatic heterocycles. The summed E-state index contributed by atoms with van der Waals surface area (Å²) >= 11 is 1.62. The molecule has 0 amide bonds. The molecule has 2 rings (SSSR count). The first-order chi connectivity index (χ1) is 7.22. The van der Waals surface area contributed by atoms with E-state index >= 15 is 0 Å². The van der Waals surface area contributed by atoms with Crippen molar-refractivity contribution in [1.82, 2.24) is 4.98 Å². The van der Waals surface area contributed by atoms with Crippen molar-refractivity contribution in [2.75, 3.05) is 0 Å². The Balaban J connectivity index is 2.53. The summed E-state index contributed by atoms with van der Waals surface area (Å²) in [5.74, 6) is 0. The van der Waals surface area contributed by atoms with Crippen LogP contribution in [0.2, 0.25) is 0 Å². The molecule has 1 heterocycles. The lowest BCUT2D eigenvalue weighted by Crippen LogP contribution is -2.02. The molecule has 0 bridgehead atoms. The number of hydrogen-bond acceptors (Lipinski definition) is 3. The number of thiazole rings is 1. The summed E-state index contributed by atoms with van der Waals surface area (Å²) in [4.78, 5) is 4.50. The molecule has 0 fully saturated rings. The van der Waals surface area contributed by atoms with Gasteiger partial charge in [-0.05, 0) is 26.0 Å². The Morgan fingerprint density at radius 1 is 1.47 bits per heavy atom. The summed E-state index contributed by atoms with van der Waals surface area (Å²) in [7, 11) is 0. The van der Waals surface area contributed by atoms with Crippen molar-refractivity contribution in [3.8, 4) is 0 Å². The maximum atomic E-state index is 9.59. The largest absolute Gasteiger partial charge is 0.389 e. The first-order valence-corrected chi connectivity index (χ1v) is 5.74. The van der Waals surface area contributed by atoms with Gasteiger partial charge in [0.05, 0.1) is 16.3 Å². The zero-order chi connectivity index (χ0) is 10.8. The third-order valence-electron chi connectivity index (χ3n) is 2.30. The van der Waals surface area contributed by atoms with Gasteiger partial charge in [0.1, 0.15) is 5.01 Å². The molecule has 2 nitrogen and oxygen atoms in total. The van der Waals surface area contributed by atoms with Gasteiger partial charge in [0.2, 0.25) is 0 Å². The minimum Gasteiger partial charge on any atom is -0.389 e. The van der Waals surface area contributed by atoms with Crippen molar-refractivity contribution in [2.45, 2.75) is 20.0 Å². The van der Waals surface area contributed by atoms with Crippen LogP contribution in [-0.2, 0) is 0 Å². The van der Waals surface area contributed by atoms with Gasteiger partial charge in [-0.15, -0.1) is 11.3 Å². The SMILES string of the molecule is CC=C(c1nc2ccccc2s1)C(C)O. The highest BCUT2D eigenvalue weighted by Gasteiger charge is 2.11. The third-order valence-corrected chi connectivity index (χ3v) is 3.39. The Kier molecular flexibility index (Phi) is 2.84. The number of aromatic nitrogens is 1. The lowest BCUT2D eigenvalue weighted by Gasteiger charge is -2.05. The predicted octanol–water partition coefficient (Wildman–Crippen LogP) is 3.08. The summed E-state index contributed by atoms with van der Waals surface area (Å²) in [6, 6.07) is 8.02. The van der Waals surface area contributed by atoms with E-state index in [9.17, 15) is 5.11 Å². The van der Waals surface area contributed by atoms with Crippen LogP contribution in [-0.4, -0.2) is 16.2 Å². The smallest absolute Gasteiger partial charge is 0.122 e. The lowest BCUT2D eigenvalue weighted by molar-refractivity contribution is 0.253. The zero-order valence-corrected chi connectivity index (χ0v) is 9.58. The van der Waals surface area contributed by atoms with E-state index in [1.54, 1.807) is 18.3 Å². The average Bonchev–Trinajstić information content (AvgIpc) is 2.61. The van der Waals surface area contributed by atoms with Crippen LogP contribution in [0, 0.1) is 0 Å². The summed E-state index contributed by atoms with van der Waals surface area (Å²) < 4.78 is 1.16. The Bertz CT molecular complexity index is 466. The van der Waals surface area contributed by atoms with Crippen molar-refractivity contribution < 1.29 is 5.11 Å². The Labute approximate surface area is 92.9 Å². The number of rotatable bonds is 2. The number of benzene rings is 1. The van der Waals surface area contributed by atoms with Crippen molar-refractivity contribution >= 4 is 27.1 Å². The molecule has 0 radical (unpaired) electrons. The number of fused-ring (bicyclic) bond motifs is 1. The first-order valence-electron chi connectivity index (χ1n) is 4.92. The van der Waals surface area contributed by atoms with E-state index in [0.29, 0.717) is 0 Å². The molecule has 3 heteroatoms. The molecule has 1 aromatic carbocycles. The zero-order valence-electron chi connectivity index (χ0n) is 8.77. The summed E-state index contributed by atoms with van der Waals surface area (Å²) in [5.41, 5.74) is 1.90. The van der Waals surface area contributed by atoms with Gasteiger partial charge < -0.3 is 5.11 Å². The quantitative estimate of drug-likeness (QED) is 0.842. The van der Waals surface area contributed by atoms with E-state index in [2.05, 4.69) is 4.98 Å². The van der Waals surface area contributed by atoms with E-state index in [-0.39, 0.29) is 0 Å². The number of aliphatic hydroxyl groups is 1. The first kappa shape index (κ1) is 10.3. The van der Waals surface area contributed by atoms with Gasteiger partial charge in [-0.1, -0.05) is 18.2 Å². The molecule has 0 saturated heterocycles. The molecular weight excluding hydrogens is 206 g/mol. The second kappa shape index (κ2) is 4.13. The van der Waals surface area contributed by atoms with Crippen LogP contribution >= 0.6 is 11.3 Å². The highest BCUT2D eigenvalue weighted by Crippen LogP contribution is 2.28. The fourth-order valence-electron chi connectivity index (χ4n) is 1.54. The number of hydrogen-bond donors (Lipinski definition) is 1. The molecule has 0 aliphatic heterocycles. The van der Waals surface area contributed by atoms with Crippen LogP contribution in [0.1, 0.15) is 18.9 Å². The van der Waals surface area contributed by atoms with Gasteiger partial charge in [0.15, 0.2) is 0 Å². The van der Waals surface area contributed by atoms with Gasteiger partial charge in [0, 0.05) is 5.57 Å². The molecule has 1 atom stereocenters. The number of para-hydroxylation sites is 1. The fourth-order valence-corrected chi connectivity index (χ4v) is 2.66. The van der Waals surface area contributed by atoms with E-state index in [1.807, 2.05) is 37.3 Å². The van der Waals surface area contributed by atoms with Crippen molar-refractivity contribution in [1.29, 1.82) is 0 Å². The molecule has 0 aliphatic carbocycles. The van der Waals surface area contributed by atoms with Crippen LogP contribution < -0.4 is 0 Å². The van der Waals surface area contributed by atoms with Crippen LogP contribution in [0.25, 0.3) is 15.8 Å². The van der Waals surface area contributed by atoms with Crippen LogP contribution in [0.4, 0.5) is 0 Å². The highest BCUT2D eigenvalue weighted by atomic mass is 32.1. The van der Waals surface area contributed by atoms with Crippen molar-refractivity contribution in [3.05, 3.63) is 35.3 Å². The van der Waals surface area contributed by atoms with Gasteiger partial charge in [-0.3, -0.25) is 0 Å². The topological polar surface area (TPSA) is 33.1 Å². The lowest BCUT2D eigenvalue weighted by atomic mass is 10.2. The van der Waals surface area contributed by atoms with Gasteiger partial charge in [-0.2, -0.15) is 0 Å². The number of allylic oxidation sites excluding steroid dienone is 1. The molecule has 0 spiro atoms. The molecule has 78 valence electrons. The maximum Gasteiger partial charge on any atom is 0.122 e. The normalized spacial score (nSPS) is 14.5. The molecular formula is C12H13NOS. The Hall–Kier alpha value is -1.19. The highest BCUT2D eigenvalue weighted by molar-refractivity contribution is 7.19. The average molecular weight is 219 g/mol. The molecule has 1 N–H and O–H groups in total. The minimum absolute atomic E-state index is 0.462. The van der Waals surface area contributed by atoms with Crippen LogP contribution in [0.5, 0.6) is 0 Å². The summed E-state index contributed by atoms with van der Waals surface area (Å²) in [5, 5.41) is 10.5. The predicted molar refractivity (Wildman–Crippen MR) is 65.0 cm³/mol. The van der Waals surface area contributed by atoms with Gasteiger partial charge in [0.25, 0.3) is 0 Å². The van der Waals surface area contributed by atoms with Gasteiger partial charge >= 0.3 is 0 Å². The molecule has 0 aliphatic rings. The number of aliphatic hydroxyl groups excluding tert-OH is 1. The van der Waals surface area contributed by atoms with Crippen LogP contribution in [0.3, 0.4) is 0 Å². The van der Waals surface area contributed by atoms with Crippen LogP contribution in [0.15, 0.2) is 30.3 Å². The minimum atomic E-state index is -0.462. The van der Waals surface area contributed by atoms with E-state index in [1.165, 1.54) is 0 Å². The second-order valence-electron chi connectivity index (χ2n) is 3.41. The monoisotopic (exact) mass is 219 g/mol. The van der Waals surface area contributed by atoms with E-state index in [4.69, 9.17) is 0 Å². The summed E-state index contributed by atoms with van der Waals surface area (Å²) in [6.45, 7) is 3.69. The summed E-state index contributed by atoms with van der Waals surface area (Å²) in [6.07, 6.45) is 1.46. The maximum absolute atomic E-state index is 9.59. The second-order valence-corrected chi connectivity index (χ2v) is 4.44. The van der Waals surface area contributed by atoms with Crippen molar-refractivity contribution in [2.24, 2.45) is 0 Å².